The largest absolute Gasteiger partial charge is 0.304 e. The third-order valence-electron chi connectivity index (χ3n) is 1.22. The molecule has 0 aliphatic carbocycles. The first-order valence-electron chi connectivity index (χ1n) is 3.11. The maximum atomic E-state index is 12.3. The predicted octanol–water partition coefficient (Wildman–Crippen LogP) is 0.147. The zero-order valence-corrected chi connectivity index (χ0v) is 7.73. The summed E-state index contributed by atoms with van der Waals surface area (Å²) in [7, 11) is -4.09. The fourth-order valence-corrected chi connectivity index (χ4v) is 1.37. The lowest BCUT2D eigenvalue weighted by atomic mass is 10.2. The standard InChI is InChI=1S/C6H7F2NO3S/c1-6(7,8)5(10)4(3-9)13(2,11)12/h4H,1-2H3. The smallest absolute Gasteiger partial charge is 0.290 e. The van der Waals surface area contributed by atoms with Crippen molar-refractivity contribution in [1.82, 2.24) is 0 Å². The Morgan fingerprint density at radius 1 is 1.54 bits per heavy atom. The van der Waals surface area contributed by atoms with Crippen molar-refractivity contribution in [3.05, 3.63) is 0 Å². The molecule has 7 heteroatoms. The molecule has 0 aromatic heterocycles. The van der Waals surface area contributed by atoms with Crippen molar-refractivity contribution in [3.63, 3.8) is 0 Å². The Morgan fingerprint density at radius 3 is 2.00 bits per heavy atom. The van der Waals surface area contributed by atoms with Gasteiger partial charge in [-0.2, -0.15) is 14.0 Å². The van der Waals surface area contributed by atoms with E-state index in [1.165, 1.54) is 0 Å². The quantitative estimate of drug-likeness (QED) is 0.665. The van der Waals surface area contributed by atoms with Gasteiger partial charge in [-0.15, -0.1) is 0 Å². The van der Waals surface area contributed by atoms with Gasteiger partial charge in [0.15, 0.2) is 9.84 Å². The number of nitrogens with zero attached hydrogens (tertiary/aromatic N) is 1. The topological polar surface area (TPSA) is 75.0 Å². The van der Waals surface area contributed by atoms with Crippen LogP contribution in [-0.2, 0) is 14.6 Å². The summed E-state index contributed by atoms with van der Waals surface area (Å²) in [6.45, 7) is 0.255. The number of halogens is 2. The Bertz CT molecular complexity index is 349. The molecule has 0 aromatic carbocycles. The lowest BCUT2D eigenvalue weighted by Crippen LogP contribution is -2.39. The summed E-state index contributed by atoms with van der Waals surface area (Å²) in [6, 6.07) is 1.03. The number of ketones is 1. The van der Waals surface area contributed by atoms with Gasteiger partial charge in [-0.05, 0) is 0 Å². The number of hydrogen-bond acceptors (Lipinski definition) is 4. The van der Waals surface area contributed by atoms with Crippen molar-refractivity contribution in [3.8, 4) is 6.07 Å². The van der Waals surface area contributed by atoms with E-state index in [-0.39, 0.29) is 6.92 Å². The molecular formula is C6H7F2NO3S. The molecule has 0 spiro atoms. The van der Waals surface area contributed by atoms with E-state index in [2.05, 4.69) is 0 Å². The van der Waals surface area contributed by atoms with Gasteiger partial charge in [0.25, 0.3) is 0 Å². The van der Waals surface area contributed by atoms with Crippen LogP contribution < -0.4 is 0 Å². The number of nitriles is 1. The summed E-state index contributed by atoms with van der Waals surface area (Å²) in [4.78, 5) is 10.7. The summed E-state index contributed by atoms with van der Waals surface area (Å²) in [5.74, 6) is -5.69. The van der Waals surface area contributed by atoms with E-state index >= 15 is 0 Å². The first-order valence-corrected chi connectivity index (χ1v) is 5.06. The van der Waals surface area contributed by atoms with Gasteiger partial charge in [0.1, 0.15) is 0 Å². The number of alkyl halides is 2. The Labute approximate surface area is 74.1 Å². The molecule has 0 aliphatic rings. The van der Waals surface area contributed by atoms with E-state index < -0.39 is 26.8 Å². The molecule has 0 saturated heterocycles. The molecule has 0 aromatic rings. The molecule has 0 aliphatic heterocycles. The number of carbonyl (C=O) groups excluding carboxylic acids is 1. The van der Waals surface area contributed by atoms with Gasteiger partial charge in [0.2, 0.25) is 11.0 Å². The monoisotopic (exact) mass is 211 g/mol. The zero-order valence-electron chi connectivity index (χ0n) is 6.91. The average molecular weight is 211 g/mol. The molecule has 0 rings (SSSR count). The van der Waals surface area contributed by atoms with Gasteiger partial charge in [-0.3, -0.25) is 4.79 Å². The van der Waals surface area contributed by atoms with Crippen molar-refractivity contribution in [1.29, 1.82) is 5.26 Å². The molecule has 0 amide bonds. The predicted molar refractivity (Wildman–Crippen MR) is 39.9 cm³/mol. The molecule has 1 atom stereocenters. The SMILES string of the molecule is CC(F)(F)C(=O)C(C#N)S(C)(=O)=O. The highest BCUT2D eigenvalue weighted by molar-refractivity contribution is 7.92. The van der Waals surface area contributed by atoms with Crippen molar-refractivity contribution in [2.24, 2.45) is 0 Å². The molecule has 1 unspecified atom stereocenters. The third-order valence-corrected chi connectivity index (χ3v) is 2.39. The maximum absolute atomic E-state index is 12.3. The van der Waals surface area contributed by atoms with Crippen LogP contribution in [0.5, 0.6) is 0 Å². The summed E-state index contributed by atoms with van der Waals surface area (Å²) < 4.78 is 46.0. The van der Waals surface area contributed by atoms with Crippen LogP contribution in [0.1, 0.15) is 6.92 Å². The van der Waals surface area contributed by atoms with Crippen LogP contribution in [-0.4, -0.2) is 31.6 Å². The minimum atomic E-state index is -4.09. The molecule has 74 valence electrons. The molecule has 0 radical (unpaired) electrons. The van der Waals surface area contributed by atoms with E-state index in [0.717, 1.165) is 6.07 Å². The summed E-state index contributed by atoms with van der Waals surface area (Å²) >= 11 is 0. The molecule has 0 heterocycles. The fourth-order valence-electron chi connectivity index (χ4n) is 0.579. The van der Waals surface area contributed by atoms with Crippen LogP contribution in [0.3, 0.4) is 0 Å². The average Bonchev–Trinajstić information content (AvgIpc) is 1.83. The van der Waals surface area contributed by atoms with Crippen molar-refractivity contribution in [2.45, 2.75) is 18.1 Å². The van der Waals surface area contributed by atoms with Crippen molar-refractivity contribution >= 4 is 15.6 Å². The second-order valence-corrected chi connectivity index (χ2v) is 4.72. The second-order valence-electron chi connectivity index (χ2n) is 2.59. The summed E-state index contributed by atoms with van der Waals surface area (Å²) in [6.07, 6.45) is 0.560. The van der Waals surface area contributed by atoms with Gasteiger partial charge >= 0.3 is 5.92 Å². The van der Waals surface area contributed by atoms with E-state index in [1.54, 1.807) is 0 Å². The van der Waals surface area contributed by atoms with E-state index in [1.807, 2.05) is 0 Å². The first kappa shape index (κ1) is 12.0. The van der Waals surface area contributed by atoms with Crippen LogP contribution in [0.4, 0.5) is 8.78 Å². The summed E-state index contributed by atoms with van der Waals surface area (Å²) in [5, 5.41) is 5.93. The zero-order chi connectivity index (χ0) is 10.9. The highest BCUT2D eigenvalue weighted by atomic mass is 32.2. The molecule has 0 bridgehead atoms. The van der Waals surface area contributed by atoms with E-state index in [4.69, 9.17) is 5.26 Å². The molecular weight excluding hydrogens is 204 g/mol. The van der Waals surface area contributed by atoms with E-state index in [9.17, 15) is 22.0 Å². The molecule has 13 heavy (non-hydrogen) atoms. The Hall–Kier alpha value is -1.03. The fraction of sp³-hybridized carbons (Fsp3) is 0.667. The van der Waals surface area contributed by atoms with Crippen molar-refractivity contribution < 1.29 is 22.0 Å². The number of Topliss-reactive ketones (excluding diaryl/α,β-unsaturated/α-hetero) is 1. The van der Waals surface area contributed by atoms with Gasteiger partial charge in [-0.1, -0.05) is 0 Å². The number of carbonyl (C=O) groups is 1. The Kier molecular flexibility index (Phi) is 3.11. The number of sulfone groups is 1. The lowest BCUT2D eigenvalue weighted by molar-refractivity contribution is -0.139. The maximum Gasteiger partial charge on any atom is 0.304 e. The lowest BCUT2D eigenvalue weighted by Gasteiger charge is -2.11. The van der Waals surface area contributed by atoms with Crippen LogP contribution in [0.25, 0.3) is 0 Å². The molecule has 0 fully saturated rings. The van der Waals surface area contributed by atoms with Crippen LogP contribution >= 0.6 is 0 Å². The van der Waals surface area contributed by atoms with Crippen LogP contribution in [0, 0.1) is 11.3 Å². The Balaban J connectivity index is 5.10. The number of hydrogen-bond donors (Lipinski definition) is 0. The number of rotatable bonds is 3. The van der Waals surface area contributed by atoms with Crippen molar-refractivity contribution in [2.75, 3.05) is 6.26 Å². The summed E-state index contributed by atoms with van der Waals surface area (Å²) in [5.41, 5.74) is 0. The highest BCUT2D eigenvalue weighted by Gasteiger charge is 2.43. The molecule has 0 N–H and O–H groups in total. The second kappa shape index (κ2) is 3.38. The Morgan fingerprint density at radius 2 is 1.92 bits per heavy atom. The van der Waals surface area contributed by atoms with Crippen LogP contribution in [0.2, 0.25) is 0 Å². The normalized spacial score (nSPS) is 14.7. The molecule has 0 saturated carbocycles. The van der Waals surface area contributed by atoms with Gasteiger partial charge in [-0.25, -0.2) is 8.42 Å². The minimum absolute atomic E-state index is 0.255. The minimum Gasteiger partial charge on any atom is -0.290 e. The van der Waals surface area contributed by atoms with Crippen LogP contribution in [0.15, 0.2) is 0 Å². The van der Waals surface area contributed by atoms with Gasteiger partial charge < -0.3 is 0 Å². The third kappa shape index (κ3) is 3.06. The van der Waals surface area contributed by atoms with Gasteiger partial charge in [0, 0.05) is 13.2 Å². The van der Waals surface area contributed by atoms with E-state index in [0.29, 0.717) is 6.26 Å². The first-order chi connectivity index (χ1) is 5.60. The molecule has 4 nitrogen and oxygen atoms in total. The van der Waals surface area contributed by atoms with Gasteiger partial charge in [0.05, 0.1) is 6.07 Å². The highest BCUT2D eigenvalue weighted by Crippen LogP contribution is 2.18.